The number of hydrogen-bond acceptors (Lipinski definition) is 8. The second-order valence-electron chi connectivity index (χ2n) is 9.06. The summed E-state index contributed by atoms with van der Waals surface area (Å²) in [4.78, 5) is 29.6. The molecule has 2 aromatic carbocycles. The molecule has 2 aromatic rings. The van der Waals surface area contributed by atoms with Crippen LogP contribution in [0.4, 0.5) is 0 Å². The lowest BCUT2D eigenvalue weighted by Crippen LogP contribution is -2.39. The number of rotatable bonds is 6. The number of Topliss-reactive ketones (excluding diaryl/α,β-unsaturated/α-hetero) is 1. The number of carbonyl (C=O) groups is 2. The smallest absolute Gasteiger partial charge is 0.337 e. The number of ketones is 1. The number of nitrogens with zero attached hydrogens (tertiary/aromatic N) is 2. The molecule has 3 aliphatic rings. The number of hydrogen-bond donors (Lipinski definition) is 0. The maximum absolute atomic E-state index is 13.2. The zero-order valence-electron chi connectivity index (χ0n) is 20.2. The van der Waals surface area contributed by atoms with Crippen LogP contribution in [0, 0.1) is 6.92 Å². The van der Waals surface area contributed by atoms with Crippen molar-refractivity contribution in [2.24, 2.45) is 0 Å². The van der Waals surface area contributed by atoms with Crippen LogP contribution in [0.1, 0.15) is 43.8 Å². The van der Waals surface area contributed by atoms with Crippen molar-refractivity contribution in [1.29, 1.82) is 0 Å². The molecule has 0 radical (unpaired) electrons. The normalized spacial score (nSPS) is 19.1. The summed E-state index contributed by atoms with van der Waals surface area (Å²) in [5.41, 5.74) is 3.57. The van der Waals surface area contributed by atoms with Gasteiger partial charge in [-0.1, -0.05) is 12.1 Å². The maximum Gasteiger partial charge on any atom is 0.337 e. The average molecular weight is 479 g/mol. The van der Waals surface area contributed by atoms with Crippen LogP contribution in [0.15, 0.2) is 36.1 Å². The van der Waals surface area contributed by atoms with E-state index >= 15 is 0 Å². The van der Waals surface area contributed by atoms with Gasteiger partial charge in [-0.05, 0) is 55.3 Å². The van der Waals surface area contributed by atoms with Gasteiger partial charge in [0, 0.05) is 26.2 Å². The Kier molecular flexibility index (Phi) is 6.86. The summed E-state index contributed by atoms with van der Waals surface area (Å²) in [5, 5.41) is 0. The maximum atomic E-state index is 13.2. The molecular weight excluding hydrogens is 448 g/mol. The summed E-state index contributed by atoms with van der Waals surface area (Å²) in [5.74, 6) is 1.11. The van der Waals surface area contributed by atoms with Crippen molar-refractivity contribution in [3.05, 3.63) is 63.9 Å². The van der Waals surface area contributed by atoms with Crippen molar-refractivity contribution in [3.63, 3.8) is 0 Å². The van der Waals surface area contributed by atoms with Crippen LogP contribution in [0.3, 0.4) is 0 Å². The van der Waals surface area contributed by atoms with Crippen LogP contribution in [0.25, 0.3) is 6.08 Å². The number of allylic oxidation sites excluding steroid dienone is 1. The molecule has 0 unspecified atom stereocenters. The van der Waals surface area contributed by atoms with Gasteiger partial charge in [0.15, 0.2) is 5.76 Å². The summed E-state index contributed by atoms with van der Waals surface area (Å²) in [6.45, 7) is 8.65. The molecule has 1 saturated heterocycles. The van der Waals surface area contributed by atoms with E-state index in [1.165, 1.54) is 7.11 Å². The number of methoxy groups -OCH3 is 1. The van der Waals surface area contributed by atoms with E-state index in [4.69, 9.17) is 18.9 Å². The van der Waals surface area contributed by atoms with Gasteiger partial charge < -0.3 is 18.9 Å². The van der Waals surface area contributed by atoms with Crippen molar-refractivity contribution in [3.8, 4) is 11.5 Å². The molecular formula is C27H30N2O6. The molecule has 0 atom stereocenters. The van der Waals surface area contributed by atoms with Gasteiger partial charge in [0.05, 0.1) is 37.0 Å². The van der Waals surface area contributed by atoms with E-state index in [-0.39, 0.29) is 11.5 Å². The fraction of sp³-hybridized carbons (Fsp3) is 0.407. The fourth-order valence-electron chi connectivity index (χ4n) is 4.75. The molecule has 0 saturated carbocycles. The summed E-state index contributed by atoms with van der Waals surface area (Å²) >= 11 is 0. The standard InChI is InChI=1S/C27H30N2O6/c1-18-14-22-21(16-29(17-34-22)9-3-8-28-10-12-33-13-11-28)26-24(18)25(30)23(35-26)15-19-4-6-20(7-5-19)27(31)32-2/h4-7,14-15H,3,8-13,16-17H2,1-2H3/b23-15-. The van der Waals surface area contributed by atoms with Gasteiger partial charge in [-0.2, -0.15) is 0 Å². The number of ether oxygens (including phenoxy) is 4. The Balaban J connectivity index is 1.31. The van der Waals surface area contributed by atoms with Gasteiger partial charge in [0.1, 0.15) is 18.2 Å². The highest BCUT2D eigenvalue weighted by molar-refractivity contribution is 6.16. The second kappa shape index (κ2) is 10.2. The molecule has 184 valence electrons. The topological polar surface area (TPSA) is 77.5 Å². The zero-order chi connectivity index (χ0) is 24.4. The minimum Gasteiger partial charge on any atom is -0.478 e. The van der Waals surface area contributed by atoms with Gasteiger partial charge in [0.25, 0.3) is 0 Å². The van der Waals surface area contributed by atoms with Gasteiger partial charge in [-0.3, -0.25) is 14.6 Å². The summed E-state index contributed by atoms with van der Waals surface area (Å²) in [6, 6.07) is 8.80. The Bertz CT molecular complexity index is 1150. The van der Waals surface area contributed by atoms with Crippen LogP contribution >= 0.6 is 0 Å². The Hall–Kier alpha value is -3.20. The van der Waals surface area contributed by atoms with Crippen LogP contribution in [-0.4, -0.2) is 74.8 Å². The third-order valence-electron chi connectivity index (χ3n) is 6.67. The number of carbonyl (C=O) groups excluding carboxylic acids is 2. The molecule has 0 spiro atoms. The van der Waals surface area contributed by atoms with E-state index in [9.17, 15) is 9.59 Å². The number of aryl methyl sites for hydroxylation is 1. The highest BCUT2D eigenvalue weighted by Crippen LogP contribution is 2.44. The first-order valence-corrected chi connectivity index (χ1v) is 12.0. The molecule has 8 nitrogen and oxygen atoms in total. The number of morpholine rings is 1. The summed E-state index contributed by atoms with van der Waals surface area (Å²) < 4.78 is 22.4. The second-order valence-corrected chi connectivity index (χ2v) is 9.06. The molecule has 35 heavy (non-hydrogen) atoms. The van der Waals surface area contributed by atoms with Crippen molar-refractivity contribution in [2.45, 2.75) is 19.9 Å². The molecule has 0 aromatic heterocycles. The molecule has 5 rings (SSSR count). The Morgan fingerprint density at radius 1 is 1.11 bits per heavy atom. The molecule has 3 heterocycles. The summed E-state index contributed by atoms with van der Waals surface area (Å²) in [7, 11) is 1.35. The van der Waals surface area contributed by atoms with Gasteiger partial charge in [-0.25, -0.2) is 4.79 Å². The fourth-order valence-corrected chi connectivity index (χ4v) is 4.75. The SMILES string of the molecule is COC(=O)c1ccc(/C=C2\Oc3c4c(cc(C)c3C2=O)OCN(CCCN2CCOCC2)C4)cc1. The van der Waals surface area contributed by atoms with Gasteiger partial charge in [0.2, 0.25) is 5.78 Å². The van der Waals surface area contributed by atoms with E-state index in [0.29, 0.717) is 30.2 Å². The molecule has 1 fully saturated rings. The predicted octanol–water partition coefficient (Wildman–Crippen LogP) is 3.27. The molecule has 0 bridgehead atoms. The Morgan fingerprint density at radius 3 is 2.60 bits per heavy atom. The van der Waals surface area contributed by atoms with Crippen LogP contribution < -0.4 is 9.47 Å². The zero-order valence-corrected chi connectivity index (χ0v) is 20.2. The molecule has 8 heteroatoms. The van der Waals surface area contributed by atoms with E-state index in [1.807, 2.05) is 13.0 Å². The first-order valence-electron chi connectivity index (χ1n) is 12.0. The monoisotopic (exact) mass is 478 g/mol. The molecule has 0 amide bonds. The van der Waals surface area contributed by atoms with E-state index in [1.54, 1.807) is 30.3 Å². The highest BCUT2D eigenvalue weighted by atomic mass is 16.5. The van der Waals surface area contributed by atoms with Crippen molar-refractivity contribution < 1.29 is 28.5 Å². The molecule has 0 aliphatic carbocycles. The summed E-state index contributed by atoms with van der Waals surface area (Å²) in [6.07, 6.45) is 2.75. The van der Waals surface area contributed by atoms with Crippen molar-refractivity contribution >= 4 is 17.8 Å². The molecule has 0 N–H and O–H groups in total. The van der Waals surface area contributed by atoms with E-state index < -0.39 is 5.97 Å². The number of benzene rings is 2. The van der Waals surface area contributed by atoms with E-state index in [0.717, 1.165) is 68.3 Å². The third-order valence-corrected chi connectivity index (χ3v) is 6.67. The van der Waals surface area contributed by atoms with Crippen LogP contribution in [0.5, 0.6) is 11.5 Å². The van der Waals surface area contributed by atoms with Crippen LogP contribution in [0.2, 0.25) is 0 Å². The average Bonchev–Trinajstić information content (AvgIpc) is 3.21. The molecule has 3 aliphatic heterocycles. The third kappa shape index (κ3) is 4.96. The predicted molar refractivity (Wildman–Crippen MR) is 130 cm³/mol. The Morgan fingerprint density at radius 2 is 1.86 bits per heavy atom. The first-order chi connectivity index (χ1) is 17.0. The first kappa shape index (κ1) is 23.5. The lowest BCUT2D eigenvalue weighted by molar-refractivity contribution is 0.0329. The minimum atomic E-state index is -0.401. The van der Waals surface area contributed by atoms with Crippen molar-refractivity contribution in [1.82, 2.24) is 9.80 Å². The number of fused-ring (bicyclic) bond motifs is 3. The lowest BCUT2D eigenvalue weighted by Gasteiger charge is -2.31. The quantitative estimate of drug-likeness (QED) is 0.463. The highest BCUT2D eigenvalue weighted by Gasteiger charge is 2.35. The lowest BCUT2D eigenvalue weighted by atomic mass is 9.98. The Labute approximate surface area is 205 Å². The van der Waals surface area contributed by atoms with Crippen molar-refractivity contribution in [2.75, 3.05) is 53.2 Å². The van der Waals surface area contributed by atoms with Gasteiger partial charge in [-0.15, -0.1) is 0 Å². The van der Waals surface area contributed by atoms with Crippen LogP contribution in [-0.2, 0) is 16.0 Å². The number of esters is 1. The van der Waals surface area contributed by atoms with E-state index in [2.05, 4.69) is 9.80 Å². The largest absolute Gasteiger partial charge is 0.478 e. The van der Waals surface area contributed by atoms with Gasteiger partial charge >= 0.3 is 5.97 Å². The minimum absolute atomic E-state index is 0.137.